The predicted octanol–water partition coefficient (Wildman–Crippen LogP) is 4.46. The molecule has 0 aromatic heterocycles. The molecule has 0 N–H and O–H groups in total. The summed E-state index contributed by atoms with van der Waals surface area (Å²) >= 11 is 11.4. The number of benzene rings is 1. The van der Waals surface area contributed by atoms with Crippen LogP contribution in [0.4, 0.5) is 0 Å². The molecule has 1 atom stereocenters. The van der Waals surface area contributed by atoms with Crippen LogP contribution in [-0.4, -0.2) is 5.88 Å². The van der Waals surface area contributed by atoms with E-state index in [9.17, 15) is 0 Å². The maximum Gasteiger partial charge on any atom is 0.0406 e. The van der Waals surface area contributed by atoms with Crippen molar-refractivity contribution in [1.82, 2.24) is 0 Å². The summed E-state index contributed by atoms with van der Waals surface area (Å²) in [5, 5.41) is 0.799. The smallest absolute Gasteiger partial charge is 0.0406 e. The number of hydrogen-bond acceptors (Lipinski definition) is 0. The zero-order valence-corrected chi connectivity index (χ0v) is 9.28. The van der Waals surface area contributed by atoms with Gasteiger partial charge in [0.2, 0.25) is 0 Å². The van der Waals surface area contributed by atoms with Crippen molar-refractivity contribution in [2.24, 2.45) is 0 Å². The van der Waals surface area contributed by atoms with Crippen molar-refractivity contribution in [3.63, 3.8) is 0 Å². The molecule has 72 valence electrons. The van der Waals surface area contributed by atoms with Crippen LogP contribution in [0.25, 0.3) is 0 Å². The van der Waals surface area contributed by atoms with Gasteiger partial charge in [-0.2, -0.15) is 0 Å². The lowest BCUT2D eigenvalue weighted by atomic mass is 9.97. The molecule has 0 aliphatic rings. The minimum atomic E-state index is 0.580. The summed E-state index contributed by atoms with van der Waals surface area (Å²) in [6.45, 7) is 2.22. The van der Waals surface area contributed by atoms with Gasteiger partial charge in [0.1, 0.15) is 0 Å². The maximum absolute atomic E-state index is 5.80. The molecule has 0 saturated carbocycles. The van der Waals surface area contributed by atoms with E-state index in [1.54, 1.807) is 0 Å². The third-order valence-electron chi connectivity index (χ3n) is 2.21. The largest absolute Gasteiger partial charge is 0.127 e. The van der Waals surface area contributed by atoms with Crippen molar-refractivity contribution in [2.75, 3.05) is 5.88 Å². The fraction of sp³-hybridized carbons (Fsp3) is 0.455. The van der Waals surface area contributed by atoms with Crippen LogP contribution >= 0.6 is 23.2 Å². The number of halogens is 2. The molecule has 0 saturated heterocycles. The van der Waals surface area contributed by atoms with E-state index in [4.69, 9.17) is 23.2 Å². The molecule has 1 unspecified atom stereocenters. The van der Waals surface area contributed by atoms with Crippen LogP contribution in [0.15, 0.2) is 24.3 Å². The molecule has 0 aliphatic carbocycles. The van der Waals surface area contributed by atoms with E-state index in [0.717, 1.165) is 23.7 Å². The molecule has 0 heterocycles. The fourth-order valence-corrected chi connectivity index (χ4v) is 1.62. The summed E-state index contributed by atoms with van der Waals surface area (Å²) in [5.74, 6) is 1.33. The first-order valence-corrected chi connectivity index (χ1v) is 5.46. The molecular weight excluding hydrogens is 203 g/mol. The molecule has 0 radical (unpaired) electrons. The Labute approximate surface area is 89.9 Å². The Morgan fingerprint density at radius 3 is 2.38 bits per heavy atom. The highest BCUT2D eigenvalue weighted by molar-refractivity contribution is 6.30. The van der Waals surface area contributed by atoms with Crippen LogP contribution in [0, 0.1) is 0 Å². The van der Waals surface area contributed by atoms with Crippen LogP contribution < -0.4 is 0 Å². The lowest BCUT2D eigenvalue weighted by Gasteiger charge is -2.10. The van der Waals surface area contributed by atoms with Gasteiger partial charge in [0.25, 0.3) is 0 Å². The van der Waals surface area contributed by atoms with Crippen molar-refractivity contribution in [3.05, 3.63) is 34.9 Å². The van der Waals surface area contributed by atoms with Gasteiger partial charge in [0, 0.05) is 10.9 Å². The van der Waals surface area contributed by atoms with Crippen LogP contribution in [0.5, 0.6) is 0 Å². The van der Waals surface area contributed by atoms with E-state index < -0.39 is 0 Å². The molecule has 0 fully saturated rings. The Kier molecular flexibility index (Phi) is 4.61. The van der Waals surface area contributed by atoms with Gasteiger partial charge in [0.15, 0.2) is 0 Å². The first kappa shape index (κ1) is 10.9. The first-order chi connectivity index (χ1) is 6.24. The molecule has 0 nitrogen and oxygen atoms in total. The monoisotopic (exact) mass is 216 g/mol. The molecule has 1 rings (SSSR count). The minimum absolute atomic E-state index is 0.580. The van der Waals surface area contributed by atoms with Crippen molar-refractivity contribution in [1.29, 1.82) is 0 Å². The standard InChI is InChI=1S/C11H14Cl2/c1-9(3-2-8-12)10-4-6-11(13)7-5-10/h4-7,9H,2-3,8H2,1H3. The molecule has 13 heavy (non-hydrogen) atoms. The topological polar surface area (TPSA) is 0 Å². The lowest BCUT2D eigenvalue weighted by Crippen LogP contribution is -1.93. The van der Waals surface area contributed by atoms with Crippen LogP contribution in [0.1, 0.15) is 31.2 Å². The minimum Gasteiger partial charge on any atom is -0.127 e. The fourth-order valence-electron chi connectivity index (χ4n) is 1.34. The van der Waals surface area contributed by atoms with Gasteiger partial charge in [-0.25, -0.2) is 0 Å². The number of hydrogen-bond donors (Lipinski definition) is 0. The van der Waals surface area contributed by atoms with E-state index >= 15 is 0 Å². The van der Waals surface area contributed by atoms with Crippen LogP contribution in [0.3, 0.4) is 0 Å². The highest BCUT2D eigenvalue weighted by atomic mass is 35.5. The summed E-state index contributed by atoms with van der Waals surface area (Å²) in [5.41, 5.74) is 1.34. The van der Waals surface area contributed by atoms with Crippen molar-refractivity contribution < 1.29 is 0 Å². The SMILES string of the molecule is CC(CCCCl)c1ccc(Cl)cc1. The van der Waals surface area contributed by atoms with E-state index in [0.29, 0.717) is 5.92 Å². The lowest BCUT2D eigenvalue weighted by molar-refractivity contribution is 0.668. The second-order valence-corrected chi connectivity index (χ2v) is 4.10. The molecule has 0 aliphatic heterocycles. The number of alkyl halides is 1. The van der Waals surface area contributed by atoms with E-state index in [1.807, 2.05) is 12.1 Å². The molecular formula is C11H14Cl2. The normalized spacial score (nSPS) is 12.8. The third kappa shape index (κ3) is 3.58. The summed E-state index contributed by atoms with van der Waals surface area (Å²) in [4.78, 5) is 0. The van der Waals surface area contributed by atoms with Crippen molar-refractivity contribution >= 4 is 23.2 Å². The summed E-state index contributed by atoms with van der Waals surface area (Å²) in [6, 6.07) is 8.05. The summed E-state index contributed by atoms with van der Waals surface area (Å²) in [6.07, 6.45) is 2.22. The highest BCUT2D eigenvalue weighted by Crippen LogP contribution is 2.22. The molecule has 0 spiro atoms. The average molecular weight is 217 g/mol. The van der Waals surface area contributed by atoms with Gasteiger partial charge in [-0.15, -0.1) is 11.6 Å². The Morgan fingerprint density at radius 1 is 1.23 bits per heavy atom. The zero-order valence-electron chi connectivity index (χ0n) is 7.76. The van der Waals surface area contributed by atoms with E-state index in [1.165, 1.54) is 5.56 Å². The van der Waals surface area contributed by atoms with Gasteiger partial charge in [-0.1, -0.05) is 30.7 Å². The molecule has 1 aromatic carbocycles. The number of rotatable bonds is 4. The van der Waals surface area contributed by atoms with Gasteiger partial charge in [0.05, 0.1) is 0 Å². The summed E-state index contributed by atoms with van der Waals surface area (Å²) in [7, 11) is 0. The Bertz CT molecular complexity index is 241. The molecule has 0 bridgehead atoms. The summed E-state index contributed by atoms with van der Waals surface area (Å²) < 4.78 is 0. The van der Waals surface area contributed by atoms with Crippen LogP contribution in [0.2, 0.25) is 5.02 Å². The second-order valence-electron chi connectivity index (χ2n) is 3.28. The Morgan fingerprint density at radius 2 is 1.85 bits per heavy atom. The average Bonchev–Trinajstić information content (AvgIpc) is 2.15. The predicted molar refractivity (Wildman–Crippen MR) is 59.8 cm³/mol. The van der Waals surface area contributed by atoms with Crippen LogP contribution in [-0.2, 0) is 0 Å². The second kappa shape index (κ2) is 5.51. The van der Waals surface area contributed by atoms with E-state index in [2.05, 4.69) is 19.1 Å². The van der Waals surface area contributed by atoms with Gasteiger partial charge >= 0.3 is 0 Å². The molecule has 2 heteroatoms. The zero-order chi connectivity index (χ0) is 9.68. The Hall–Kier alpha value is -0.200. The van der Waals surface area contributed by atoms with Crippen molar-refractivity contribution in [2.45, 2.75) is 25.7 Å². The van der Waals surface area contributed by atoms with Gasteiger partial charge in [-0.05, 0) is 36.5 Å². The quantitative estimate of drug-likeness (QED) is 0.653. The van der Waals surface area contributed by atoms with Gasteiger partial charge in [-0.3, -0.25) is 0 Å². The molecule has 1 aromatic rings. The van der Waals surface area contributed by atoms with E-state index in [-0.39, 0.29) is 0 Å². The molecule has 0 amide bonds. The highest BCUT2D eigenvalue weighted by Gasteiger charge is 2.03. The third-order valence-corrected chi connectivity index (χ3v) is 2.73. The maximum atomic E-state index is 5.80. The first-order valence-electron chi connectivity index (χ1n) is 4.55. The Balaban J connectivity index is 2.55. The van der Waals surface area contributed by atoms with Crippen molar-refractivity contribution in [3.8, 4) is 0 Å². The van der Waals surface area contributed by atoms with Gasteiger partial charge < -0.3 is 0 Å².